The molecule has 0 bridgehead atoms. The largest absolute Gasteiger partial charge is 0.384 e. The van der Waals surface area contributed by atoms with Crippen LogP contribution in [-0.2, 0) is 0 Å². The van der Waals surface area contributed by atoms with Crippen molar-refractivity contribution in [3.63, 3.8) is 0 Å². The number of nitrogen functional groups attached to an aromatic ring is 1. The van der Waals surface area contributed by atoms with Crippen LogP contribution < -0.4 is 10.6 Å². The van der Waals surface area contributed by atoms with Crippen molar-refractivity contribution in [2.45, 2.75) is 25.8 Å². The highest BCUT2D eigenvalue weighted by Crippen LogP contribution is 2.21. The fourth-order valence-electron chi connectivity index (χ4n) is 2.35. The fraction of sp³-hybridized carbons (Fsp3) is 0.667. The second kappa shape index (κ2) is 4.87. The van der Waals surface area contributed by atoms with Gasteiger partial charge in [0.05, 0.1) is 0 Å². The summed E-state index contributed by atoms with van der Waals surface area (Å²) in [6.07, 6.45) is 2.35. The lowest BCUT2D eigenvalue weighted by Gasteiger charge is -2.35. The molecular weight excluding hydrogens is 214 g/mol. The average molecular weight is 235 g/mol. The number of hydrogen-bond acceptors (Lipinski definition) is 5. The van der Waals surface area contributed by atoms with Gasteiger partial charge in [-0.3, -0.25) is 0 Å². The van der Waals surface area contributed by atoms with E-state index in [1.54, 1.807) is 0 Å². The van der Waals surface area contributed by atoms with E-state index >= 15 is 0 Å². The normalized spacial score (nSPS) is 17.8. The Labute approximate surface area is 103 Å². The number of rotatable bonds is 2. The monoisotopic (exact) mass is 235 g/mol. The molecule has 1 aliphatic rings. The third-order valence-corrected chi connectivity index (χ3v) is 3.36. The lowest BCUT2D eigenvalue weighted by molar-refractivity contribution is 0.249. The lowest BCUT2D eigenvalue weighted by Crippen LogP contribution is -2.42. The minimum Gasteiger partial charge on any atom is -0.384 e. The van der Waals surface area contributed by atoms with Crippen molar-refractivity contribution in [3.05, 3.63) is 11.9 Å². The van der Waals surface area contributed by atoms with Crippen molar-refractivity contribution in [1.29, 1.82) is 0 Å². The Morgan fingerprint density at radius 2 is 1.94 bits per heavy atom. The number of nitrogens with two attached hydrogens (primary N) is 1. The first-order valence-corrected chi connectivity index (χ1v) is 6.09. The molecule has 1 aromatic rings. The first-order valence-electron chi connectivity index (χ1n) is 6.09. The zero-order valence-electron chi connectivity index (χ0n) is 10.8. The molecule has 2 heterocycles. The van der Waals surface area contributed by atoms with Crippen molar-refractivity contribution in [3.8, 4) is 0 Å². The molecule has 0 aliphatic carbocycles. The van der Waals surface area contributed by atoms with Crippen molar-refractivity contribution in [2.75, 3.05) is 37.8 Å². The molecule has 2 rings (SSSR count). The third-order valence-electron chi connectivity index (χ3n) is 3.36. The number of piperidine rings is 1. The summed E-state index contributed by atoms with van der Waals surface area (Å²) in [5.74, 6) is 2.27. The molecule has 0 aromatic carbocycles. The highest BCUT2D eigenvalue weighted by molar-refractivity contribution is 5.47. The van der Waals surface area contributed by atoms with Gasteiger partial charge in [-0.25, -0.2) is 9.97 Å². The minimum absolute atomic E-state index is 0.558. The van der Waals surface area contributed by atoms with E-state index in [9.17, 15) is 0 Å². The standard InChI is InChI=1S/C12H21N5/c1-9-14-11(13)8-12(15-9)17-6-4-10(5-7-17)16(2)3/h8,10H,4-7H2,1-3H3,(H2,13,14,15). The highest BCUT2D eigenvalue weighted by Gasteiger charge is 2.21. The first kappa shape index (κ1) is 12.1. The van der Waals surface area contributed by atoms with Crippen LogP contribution in [0.4, 0.5) is 11.6 Å². The van der Waals surface area contributed by atoms with E-state index in [-0.39, 0.29) is 0 Å². The fourth-order valence-corrected chi connectivity index (χ4v) is 2.35. The molecule has 1 fully saturated rings. The summed E-state index contributed by atoms with van der Waals surface area (Å²) in [5.41, 5.74) is 5.76. The van der Waals surface area contributed by atoms with Crippen molar-refractivity contribution >= 4 is 11.6 Å². The van der Waals surface area contributed by atoms with Crippen LogP contribution in [0.1, 0.15) is 18.7 Å². The highest BCUT2D eigenvalue weighted by atomic mass is 15.2. The van der Waals surface area contributed by atoms with E-state index in [1.165, 1.54) is 12.8 Å². The smallest absolute Gasteiger partial charge is 0.134 e. The Morgan fingerprint density at radius 1 is 1.29 bits per heavy atom. The van der Waals surface area contributed by atoms with E-state index < -0.39 is 0 Å². The molecule has 0 radical (unpaired) electrons. The molecular formula is C12H21N5. The molecule has 1 aromatic heterocycles. The zero-order valence-corrected chi connectivity index (χ0v) is 10.8. The number of aromatic nitrogens is 2. The quantitative estimate of drug-likeness (QED) is 0.825. The second-order valence-corrected chi connectivity index (χ2v) is 4.88. The van der Waals surface area contributed by atoms with Crippen LogP contribution in [0.2, 0.25) is 0 Å². The Balaban J connectivity index is 2.05. The van der Waals surface area contributed by atoms with E-state index in [0.29, 0.717) is 11.9 Å². The van der Waals surface area contributed by atoms with Crippen molar-refractivity contribution < 1.29 is 0 Å². The molecule has 5 heteroatoms. The molecule has 0 atom stereocenters. The van der Waals surface area contributed by atoms with Crippen LogP contribution in [0.3, 0.4) is 0 Å². The number of nitrogens with zero attached hydrogens (tertiary/aromatic N) is 4. The Morgan fingerprint density at radius 3 is 2.47 bits per heavy atom. The van der Waals surface area contributed by atoms with Gasteiger partial charge in [0.1, 0.15) is 17.5 Å². The topological polar surface area (TPSA) is 58.3 Å². The molecule has 0 saturated carbocycles. The molecule has 17 heavy (non-hydrogen) atoms. The predicted molar refractivity (Wildman–Crippen MR) is 70.1 cm³/mol. The van der Waals surface area contributed by atoms with Gasteiger partial charge in [-0.2, -0.15) is 0 Å². The average Bonchev–Trinajstić information content (AvgIpc) is 2.28. The number of hydrogen-bond donors (Lipinski definition) is 1. The summed E-state index contributed by atoms with van der Waals surface area (Å²) in [4.78, 5) is 13.2. The molecule has 1 aliphatic heterocycles. The van der Waals surface area contributed by atoms with Gasteiger partial charge >= 0.3 is 0 Å². The van der Waals surface area contributed by atoms with Gasteiger partial charge in [0.15, 0.2) is 0 Å². The Hall–Kier alpha value is -1.36. The third kappa shape index (κ3) is 2.85. The summed E-state index contributed by atoms with van der Waals surface area (Å²) in [5, 5.41) is 0. The summed E-state index contributed by atoms with van der Waals surface area (Å²) in [6, 6.07) is 2.55. The number of anilines is 2. The van der Waals surface area contributed by atoms with E-state index in [1.807, 2.05) is 13.0 Å². The lowest BCUT2D eigenvalue weighted by atomic mass is 10.0. The van der Waals surface area contributed by atoms with E-state index in [4.69, 9.17) is 5.73 Å². The van der Waals surface area contributed by atoms with Crippen LogP contribution in [0, 0.1) is 6.92 Å². The molecule has 0 amide bonds. The van der Waals surface area contributed by atoms with Crippen LogP contribution in [0.15, 0.2) is 6.07 Å². The van der Waals surface area contributed by atoms with Crippen LogP contribution in [0.25, 0.3) is 0 Å². The van der Waals surface area contributed by atoms with Gasteiger partial charge in [0.25, 0.3) is 0 Å². The SMILES string of the molecule is Cc1nc(N)cc(N2CCC(N(C)C)CC2)n1. The maximum absolute atomic E-state index is 5.76. The summed E-state index contributed by atoms with van der Waals surface area (Å²) >= 11 is 0. The van der Waals surface area contributed by atoms with Crippen molar-refractivity contribution in [1.82, 2.24) is 14.9 Å². The van der Waals surface area contributed by atoms with Gasteiger partial charge in [-0.1, -0.05) is 0 Å². The second-order valence-electron chi connectivity index (χ2n) is 4.88. The van der Waals surface area contributed by atoms with Gasteiger partial charge in [0, 0.05) is 25.2 Å². The van der Waals surface area contributed by atoms with Crippen LogP contribution in [0.5, 0.6) is 0 Å². The zero-order chi connectivity index (χ0) is 12.4. The predicted octanol–water partition coefficient (Wildman–Crippen LogP) is 0.898. The molecule has 0 spiro atoms. The van der Waals surface area contributed by atoms with Crippen molar-refractivity contribution in [2.24, 2.45) is 0 Å². The molecule has 0 unspecified atom stereocenters. The first-order chi connectivity index (χ1) is 8.06. The maximum atomic E-state index is 5.76. The Bertz CT molecular complexity index is 362. The molecule has 2 N–H and O–H groups in total. The molecule has 1 saturated heterocycles. The van der Waals surface area contributed by atoms with Crippen LogP contribution in [-0.4, -0.2) is 48.1 Å². The van der Waals surface area contributed by atoms with Gasteiger partial charge < -0.3 is 15.5 Å². The molecule has 94 valence electrons. The van der Waals surface area contributed by atoms with E-state index in [2.05, 4.69) is 33.9 Å². The summed E-state index contributed by atoms with van der Waals surface area (Å²) in [7, 11) is 4.29. The minimum atomic E-state index is 0.558. The Kier molecular flexibility index (Phi) is 3.47. The van der Waals surface area contributed by atoms with Gasteiger partial charge in [-0.05, 0) is 33.9 Å². The summed E-state index contributed by atoms with van der Waals surface area (Å²) in [6.45, 7) is 3.96. The van der Waals surface area contributed by atoms with Gasteiger partial charge in [-0.15, -0.1) is 0 Å². The van der Waals surface area contributed by atoms with Gasteiger partial charge in [0.2, 0.25) is 0 Å². The summed E-state index contributed by atoms with van der Waals surface area (Å²) < 4.78 is 0. The molecule has 5 nitrogen and oxygen atoms in total. The number of aryl methyl sites for hydroxylation is 1. The van der Waals surface area contributed by atoms with E-state index in [0.717, 1.165) is 24.7 Å². The maximum Gasteiger partial charge on any atom is 0.134 e. The van der Waals surface area contributed by atoms with Crippen LogP contribution >= 0.6 is 0 Å².